The van der Waals surface area contributed by atoms with Gasteiger partial charge in [0.05, 0.1) is 31.2 Å². The largest absolute Gasteiger partial charge is 0.325 e. The van der Waals surface area contributed by atoms with Crippen molar-refractivity contribution in [3.05, 3.63) is 113 Å². The number of carbonyl (C=O) groups is 1. The van der Waals surface area contributed by atoms with Crippen LogP contribution in [0, 0.1) is 0 Å². The summed E-state index contributed by atoms with van der Waals surface area (Å²) in [6.07, 6.45) is 0. The minimum absolute atomic E-state index is 0.0441. The van der Waals surface area contributed by atoms with Crippen molar-refractivity contribution in [2.75, 3.05) is 20.9 Å². The van der Waals surface area contributed by atoms with E-state index in [1.807, 2.05) is 26.0 Å². The highest BCUT2D eigenvalue weighted by atomic mass is 35.5. The van der Waals surface area contributed by atoms with Crippen LogP contribution in [0.15, 0.2) is 107 Å². The van der Waals surface area contributed by atoms with Crippen molar-refractivity contribution in [3.8, 4) is 0 Å². The molecule has 0 aromatic heterocycles. The molecule has 4 aromatic carbocycles. The first-order valence-corrected chi connectivity index (χ1v) is 16.1. The molecule has 214 valence electrons. The molecule has 0 aliphatic rings. The Morgan fingerprint density at radius 3 is 2.02 bits per heavy atom. The van der Waals surface area contributed by atoms with Crippen LogP contribution in [-0.4, -0.2) is 29.3 Å². The molecule has 4 rings (SSSR count). The number of nitrogens with one attached hydrogen (secondary N) is 2. The van der Waals surface area contributed by atoms with E-state index in [2.05, 4.69) is 10.0 Å². The number of hydrogen-bond acceptors (Lipinski definition) is 5. The zero-order valence-corrected chi connectivity index (χ0v) is 25.2. The number of rotatable bonds is 10. The number of halogens is 2. The number of amides is 1. The van der Waals surface area contributed by atoms with Crippen molar-refractivity contribution in [1.29, 1.82) is 0 Å². The fourth-order valence-corrected chi connectivity index (χ4v) is 6.81. The predicted molar refractivity (Wildman–Crippen MR) is 164 cm³/mol. The summed E-state index contributed by atoms with van der Waals surface area (Å²) in [4.78, 5) is 13.0. The molecule has 0 saturated heterocycles. The van der Waals surface area contributed by atoms with E-state index in [9.17, 15) is 21.6 Å². The lowest BCUT2D eigenvalue weighted by Gasteiger charge is -2.24. The van der Waals surface area contributed by atoms with Crippen molar-refractivity contribution >= 4 is 66.2 Å². The first-order chi connectivity index (χ1) is 19.4. The lowest BCUT2D eigenvalue weighted by Crippen LogP contribution is -2.38. The number of carbonyl (C=O) groups excluding carboxylic acids is 1. The highest BCUT2D eigenvalue weighted by molar-refractivity contribution is 7.93. The summed E-state index contributed by atoms with van der Waals surface area (Å²) in [5.74, 6) is -0.368. The lowest BCUT2D eigenvalue weighted by molar-refractivity contribution is -0.114. The molecule has 0 unspecified atom stereocenters. The summed E-state index contributed by atoms with van der Waals surface area (Å²) >= 11 is 12.1. The molecular weight excluding hydrogens is 605 g/mol. The quantitative estimate of drug-likeness (QED) is 0.201. The van der Waals surface area contributed by atoms with Gasteiger partial charge in [0.15, 0.2) is 0 Å². The molecule has 0 fully saturated rings. The van der Waals surface area contributed by atoms with Gasteiger partial charge in [-0.15, -0.1) is 0 Å². The molecule has 1 amide bonds. The number of anilines is 3. The first-order valence-electron chi connectivity index (χ1n) is 12.4. The molecule has 0 radical (unpaired) electrons. The van der Waals surface area contributed by atoms with Gasteiger partial charge in [-0.05, 0) is 72.1 Å². The van der Waals surface area contributed by atoms with Crippen molar-refractivity contribution in [2.45, 2.75) is 29.6 Å². The van der Waals surface area contributed by atoms with Crippen molar-refractivity contribution in [2.24, 2.45) is 0 Å². The van der Waals surface area contributed by atoms with Crippen LogP contribution in [0.4, 0.5) is 17.1 Å². The second-order valence-corrected chi connectivity index (χ2v) is 13.7. The van der Waals surface area contributed by atoms with Crippen LogP contribution in [0.2, 0.25) is 10.0 Å². The third kappa shape index (κ3) is 7.20. The molecule has 2 N–H and O–H groups in total. The average Bonchev–Trinajstić information content (AvgIpc) is 2.95. The van der Waals surface area contributed by atoms with Gasteiger partial charge in [0.25, 0.3) is 20.0 Å². The van der Waals surface area contributed by atoms with Crippen LogP contribution >= 0.6 is 23.2 Å². The maximum atomic E-state index is 13.5. The van der Waals surface area contributed by atoms with Crippen molar-refractivity contribution < 1.29 is 21.6 Å². The number of nitrogens with zero attached hydrogens (tertiary/aromatic N) is 1. The van der Waals surface area contributed by atoms with Crippen molar-refractivity contribution in [1.82, 2.24) is 0 Å². The summed E-state index contributed by atoms with van der Waals surface area (Å²) in [6, 6.07) is 24.8. The molecule has 0 atom stereocenters. The number of sulfonamides is 2. The van der Waals surface area contributed by atoms with Gasteiger partial charge in [-0.25, -0.2) is 16.8 Å². The van der Waals surface area contributed by atoms with Crippen LogP contribution in [0.5, 0.6) is 0 Å². The van der Waals surface area contributed by atoms with E-state index in [0.29, 0.717) is 5.69 Å². The Labute approximate surface area is 250 Å². The van der Waals surface area contributed by atoms with E-state index in [1.165, 1.54) is 48.5 Å². The molecule has 8 nitrogen and oxygen atoms in total. The third-order valence-electron chi connectivity index (χ3n) is 6.11. The van der Waals surface area contributed by atoms with E-state index in [0.717, 1.165) is 9.87 Å². The summed E-state index contributed by atoms with van der Waals surface area (Å²) in [5.41, 5.74) is 1.76. The summed E-state index contributed by atoms with van der Waals surface area (Å²) in [6.45, 7) is 3.55. The van der Waals surface area contributed by atoms with E-state index in [1.54, 1.807) is 36.4 Å². The minimum atomic E-state index is -4.07. The second kappa shape index (κ2) is 12.5. The molecule has 12 heteroatoms. The van der Waals surface area contributed by atoms with Crippen LogP contribution in [-0.2, 0) is 24.8 Å². The summed E-state index contributed by atoms with van der Waals surface area (Å²) < 4.78 is 56.2. The van der Waals surface area contributed by atoms with Gasteiger partial charge in [-0.2, -0.15) is 0 Å². The Morgan fingerprint density at radius 1 is 0.780 bits per heavy atom. The zero-order chi connectivity index (χ0) is 29.8. The smallest absolute Gasteiger partial charge is 0.264 e. The van der Waals surface area contributed by atoms with E-state index >= 15 is 0 Å². The molecule has 0 bridgehead atoms. The lowest BCUT2D eigenvalue weighted by atomic mass is 10.0. The Hall–Kier alpha value is -3.57. The molecule has 0 aliphatic heterocycles. The Kier molecular flexibility index (Phi) is 9.28. The Morgan fingerprint density at radius 2 is 1.41 bits per heavy atom. The van der Waals surface area contributed by atoms with Gasteiger partial charge in [-0.1, -0.05) is 73.4 Å². The normalized spacial score (nSPS) is 11.7. The standard InChI is InChI=1S/C29H27Cl2N3O5S2/c1-20(2)21-11-15-23(16-12-21)34(41(38,39)25-7-4-3-5-8-25)19-28(35)32-22-13-17-24(18-14-22)40(36,37)33-27-10-6-9-26(30)29(27)31/h3-18,20,33H,19H2,1-2H3,(H,32,35). The topological polar surface area (TPSA) is 113 Å². The molecule has 0 heterocycles. The summed E-state index contributed by atoms with van der Waals surface area (Å²) in [5, 5.41) is 2.90. The molecule has 41 heavy (non-hydrogen) atoms. The fraction of sp³-hybridized carbons (Fsp3) is 0.138. The third-order valence-corrected chi connectivity index (χ3v) is 10.1. The monoisotopic (exact) mass is 631 g/mol. The van der Waals surface area contributed by atoms with Crippen LogP contribution in [0.25, 0.3) is 0 Å². The molecule has 0 aliphatic carbocycles. The minimum Gasteiger partial charge on any atom is -0.325 e. The van der Waals surface area contributed by atoms with E-state index in [4.69, 9.17) is 23.2 Å². The van der Waals surface area contributed by atoms with Crippen LogP contribution in [0.1, 0.15) is 25.3 Å². The predicted octanol–water partition coefficient (Wildman–Crippen LogP) is 6.75. The zero-order valence-electron chi connectivity index (χ0n) is 22.1. The van der Waals surface area contributed by atoms with Gasteiger partial charge in [0.1, 0.15) is 6.54 Å². The van der Waals surface area contributed by atoms with Gasteiger partial charge >= 0.3 is 0 Å². The highest BCUT2D eigenvalue weighted by Crippen LogP contribution is 2.31. The van der Waals surface area contributed by atoms with Gasteiger partial charge in [0, 0.05) is 5.69 Å². The Balaban J connectivity index is 1.54. The maximum Gasteiger partial charge on any atom is 0.264 e. The van der Waals surface area contributed by atoms with Gasteiger partial charge in [0.2, 0.25) is 5.91 Å². The van der Waals surface area contributed by atoms with Gasteiger partial charge < -0.3 is 5.32 Å². The fourth-order valence-electron chi connectivity index (χ4n) is 3.89. The second-order valence-electron chi connectivity index (χ2n) is 9.35. The average molecular weight is 633 g/mol. The molecule has 4 aromatic rings. The van der Waals surface area contributed by atoms with Crippen LogP contribution in [0.3, 0.4) is 0 Å². The maximum absolute atomic E-state index is 13.5. The highest BCUT2D eigenvalue weighted by Gasteiger charge is 2.27. The van der Waals surface area contributed by atoms with E-state index < -0.39 is 32.5 Å². The molecule has 0 spiro atoms. The SMILES string of the molecule is CC(C)c1ccc(N(CC(=O)Nc2ccc(S(=O)(=O)Nc3cccc(Cl)c3Cl)cc2)S(=O)(=O)c2ccccc2)cc1. The first kappa shape index (κ1) is 30.4. The van der Waals surface area contributed by atoms with E-state index in [-0.39, 0.29) is 37.1 Å². The van der Waals surface area contributed by atoms with Gasteiger partial charge in [-0.3, -0.25) is 13.8 Å². The summed E-state index contributed by atoms with van der Waals surface area (Å²) in [7, 11) is -8.08. The van der Waals surface area contributed by atoms with Crippen LogP contribution < -0.4 is 14.3 Å². The molecule has 0 saturated carbocycles. The number of hydrogen-bond donors (Lipinski definition) is 2. The Bertz CT molecular complexity index is 1750. The van der Waals surface area contributed by atoms with Crippen molar-refractivity contribution in [3.63, 3.8) is 0 Å². The number of benzene rings is 4. The molecular formula is C29H27Cl2N3O5S2.